The van der Waals surface area contributed by atoms with Gasteiger partial charge in [-0.15, -0.1) is 0 Å². The third-order valence-corrected chi connectivity index (χ3v) is 7.37. The molecule has 1 aromatic carbocycles. The second-order valence-electron chi connectivity index (χ2n) is 9.28. The molecule has 7 heteroatoms. The number of H-pyrrole nitrogens is 1. The van der Waals surface area contributed by atoms with Gasteiger partial charge in [0.2, 0.25) is 11.8 Å². The fraction of sp³-hybridized carbons (Fsp3) is 0.458. The van der Waals surface area contributed by atoms with Crippen LogP contribution < -0.4 is 0 Å². The summed E-state index contributed by atoms with van der Waals surface area (Å²) in [6.07, 6.45) is 7.08. The Balaban J connectivity index is 1.20. The van der Waals surface area contributed by atoms with E-state index >= 15 is 0 Å². The van der Waals surface area contributed by atoms with Crippen molar-refractivity contribution in [3.05, 3.63) is 65.0 Å². The van der Waals surface area contributed by atoms with Crippen LogP contribution in [0.3, 0.4) is 0 Å². The highest BCUT2D eigenvalue weighted by Crippen LogP contribution is 2.52. The van der Waals surface area contributed by atoms with E-state index in [2.05, 4.69) is 41.4 Å². The van der Waals surface area contributed by atoms with E-state index in [1.807, 2.05) is 22.0 Å². The topological polar surface area (TPSA) is 78.5 Å². The van der Waals surface area contributed by atoms with Gasteiger partial charge in [0.1, 0.15) is 5.60 Å². The summed E-state index contributed by atoms with van der Waals surface area (Å²) in [6, 6.07) is 8.43. The van der Waals surface area contributed by atoms with Gasteiger partial charge in [-0.25, -0.2) is 0 Å². The van der Waals surface area contributed by atoms with Crippen molar-refractivity contribution in [1.82, 2.24) is 20.0 Å². The monoisotopic (exact) mass is 418 g/mol. The molecular formula is C24H26N4O3. The molecule has 4 aliphatic rings. The molecule has 6 rings (SSSR count). The van der Waals surface area contributed by atoms with Crippen LogP contribution in [-0.4, -0.2) is 63.2 Å². The SMILES string of the molecule is Cc1ccc(CCN2C[C@]34C=C[C@H](O3)[C@@H](C(=O)N3CCc5[nH]ncc5C3)[C@@H]4C2=O)cc1. The van der Waals surface area contributed by atoms with Crippen LogP contribution in [-0.2, 0) is 33.7 Å². The highest BCUT2D eigenvalue weighted by molar-refractivity contribution is 5.93. The minimum Gasteiger partial charge on any atom is -0.360 e. The molecule has 1 aromatic heterocycles. The Morgan fingerprint density at radius 2 is 2.16 bits per heavy atom. The van der Waals surface area contributed by atoms with Crippen molar-refractivity contribution in [2.75, 3.05) is 19.6 Å². The smallest absolute Gasteiger partial charge is 0.230 e. The Labute approximate surface area is 181 Å². The molecular weight excluding hydrogens is 392 g/mol. The fourth-order valence-corrected chi connectivity index (χ4v) is 5.69. The summed E-state index contributed by atoms with van der Waals surface area (Å²) in [6.45, 7) is 4.44. The highest BCUT2D eigenvalue weighted by atomic mass is 16.5. The van der Waals surface area contributed by atoms with Gasteiger partial charge in [0.25, 0.3) is 0 Å². The highest BCUT2D eigenvalue weighted by Gasteiger charge is 2.67. The number of hydrogen-bond donors (Lipinski definition) is 1. The normalized spacial score (nSPS) is 30.7. The summed E-state index contributed by atoms with van der Waals surface area (Å²) < 4.78 is 6.29. The van der Waals surface area contributed by atoms with Crippen LogP contribution in [0.4, 0.5) is 0 Å². The molecule has 0 unspecified atom stereocenters. The molecule has 5 heterocycles. The molecule has 2 bridgehead atoms. The lowest BCUT2D eigenvalue weighted by atomic mass is 9.76. The average Bonchev–Trinajstić information content (AvgIpc) is 3.53. The van der Waals surface area contributed by atoms with Crippen molar-refractivity contribution in [2.24, 2.45) is 11.8 Å². The van der Waals surface area contributed by atoms with Crippen LogP contribution >= 0.6 is 0 Å². The van der Waals surface area contributed by atoms with Gasteiger partial charge in [0.15, 0.2) is 0 Å². The second-order valence-corrected chi connectivity index (χ2v) is 9.28. The first-order chi connectivity index (χ1) is 15.0. The van der Waals surface area contributed by atoms with E-state index in [0.717, 1.165) is 24.1 Å². The molecule has 4 atom stereocenters. The number of hydrogen-bond acceptors (Lipinski definition) is 4. The number of aryl methyl sites for hydroxylation is 1. The van der Waals surface area contributed by atoms with Crippen LogP contribution in [0.25, 0.3) is 0 Å². The molecule has 1 spiro atoms. The molecule has 0 aliphatic carbocycles. The van der Waals surface area contributed by atoms with E-state index in [1.54, 1.807) is 6.20 Å². The van der Waals surface area contributed by atoms with E-state index < -0.39 is 17.4 Å². The van der Waals surface area contributed by atoms with Crippen LogP contribution in [0.15, 0.2) is 42.6 Å². The quantitative estimate of drug-likeness (QED) is 0.766. The molecule has 2 saturated heterocycles. The van der Waals surface area contributed by atoms with Crippen LogP contribution in [0.1, 0.15) is 22.4 Å². The number of aromatic amines is 1. The minimum atomic E-state index is -0.647. The van der Waals surface area contributed by atoms with Crippen LogP contribution in [0, 0.1) is 18.8 Å². The molecule has 160 valence electrons. The first-order valence-electron chi connectivity index (χ1n) is 11.1. The van der Waals surface area contributed by atoms with Crippen molar-refractivity contribution >= 4 is 11.8 Å². The Bertz CT molecular complexity index is 1070. The number of ether oxygens (including phenoxy) is 1. The fourth-order valence-electron chi connectivity index (χ4n) is 5.69. The van der Waals surface area contributed by atoms with Crippen molar-refractivity contribution in [2.45, 2.75) is 38.0 Å². The Kier molecular flexibility index (Phi) is 4.12. The molecule has 2 fully saturated rings. The minimum absolute atomic E-state index is 0.0295. The van der Waals surface area contributed by atoms with Crippen molar-refractivity contribution < 1.29 is 14.3 Å². The number of aromatic nitrogens is 2. The number of rotatable bonds is 4. The van der Waals surface area contributed by atoms with Crippen molar-refractivity contribution in [1.29, 1.82) is 0 Å². The third-order valence-electron chi connectivity index (χ3n) is 7.37. The van der Waals surface area contributed by atoms with Gasteiger partial charge in [-0.05, 0) is 18.9 Å². The van der Waals surface area contributed by atoms with Crippen LogP contribution in [0.5, 0.6) is 0 Å². The molecule has 7 nitrogen and oxygen atoms in total. The van der Waals surface area contributed by atoms with Gasteiger partial charge in [-0.1, -0.05) is 42.0 Å². The Morgan fingerprint density at radius 1 is 1.32 bits per heavy atom. The maximum atomic E-state index is 13.5. The van der Waals surface area contributed by atoms with E-state index in [4.69, 9.17) is 4.74 Å². The lowest BCUT2D eigenvalue weighted by Gasteiger charge is -2.32. The number of likely N-dealkylation sites (tertiary alicyclic amines) is 1. The van der Waals surface area contributed by atoms with E-state index in [1.165, 1.54) is 11.1 Å². The zero-order valence-electron chi connectivity index (χ0n) is 17.6. The summed E-state index contributed by atoms with van der Waals surface area (Å²) in [5, 5.41) is 7.11. The van der Waals surface area contributed by atoms with Gasteiger partial charge in [-0.3, -0.25) is 14.7 Å². The molecule has 0 saturated carbocycles. The largest absolute Gasteiger partial charge is 0.360 e. The molecule has 1 N–H and O–H groups in total. The summed E-state index contributed by atoms with van der Waals surface area (Å²) in [5.41, 5.74) is 3.96. The van der Waals surface area contributed by atoms with Gasteiger partial charge in [0.05, 0.1) is 30.7 Å². The standard InChI is InChI=1S/C24H26N4O3/c1-15-2-4-16(5-3-15)7-10-28-14-24-9-6-19(31-24)20(21(24)23(28)30)22(29)27-11-8-18-17(13-27)12-25-26-18/h2-6,9,12,19-21H,7-8,10-11,13-14H2,1H3,(H,25,26)/t19-,20+,21+,24-/m0/s1. The summed E-state index contributed by atoms with van der Waals surface area (Å²) >= 11 is 0. The predicted molar refractivity (Wildman–Crippen MR) is 113 cm³/mol. The van der Waals surface area contributed by atoms with E-state index in [9.17, 15) is 9.59 Å². The number of amides is 2. The number of carbonyl (C=O) groups excluding carboxylic acids is 2. The number of nitrogens with one attached hydrogen (secondary N) is 1. The van der Waals surface area contributed by atoms with Crippen molar-refractivity contribution in [3.63, 3.8) is 0 Å². The Morgan fingerprint density at radius 3 is 3.00 bits per heavy atom. The molecule has 31 heavy (non-hydrogen) atoms. The molecule has 2 aromatic rings. The maximum Gasteiger partial charge on any atom is 0.230 e. The van der Waals surface area contributed by atoms with E-state index in [0.29, 0.717) is 26.2 Å². The van der Waals surface area contributed by atoms with Crippen molar-refractivity contribution in [3.8, 4) is 0 Å². The first kappa shape index (κ1) is 18.8. The number of carbonyl (C=O) groups is 2. The maximum absolute atomic E-state index is 13.5. The molecule has 0 radical (unpaired) electrons. The van der Waals surface area contributed by atoms with Crippen LogP contribution in [0.2, 0.25) is 0 Å². The summed E-state index contributed by atoms with van der Waals surface area (Å²) in [4.78, 5) is 30.7. The van der Waals surface area contributed by atoms with Gasteiger partial charge < -0.3 is 14.5 Å². The lowest BCUT2D eigenvalue weighted by molar-refractivity contribution is -0.143. The Hall–Kier alpha value is -2.93. The molecule has 2 amide bonds. The molecule has 4 aliphatic heterocycles. The summed E-state index contributed by atoms with van der Waals surface area (Å²) in [7, 11) is 0. The lowest BCUT2D eigenvalue weighted by Crippen LogP contribution is -2.47. The van der Waals surface area contributed by atoms with Gasteiger partial charge in [0, 0.05) is 37.3 Å². The third kappa shape index (κ3) is 2.86. The predicted octanol–water partition coefficient (Wildman–Crippen LogP) is 1.63. The second kappa shape index (κ2) is 6.79. The zero-order valence-corrected chi connectivity index (χ0v) is 17.6. The van der Waals surface area contributed by atoms with Gasteiger partial charge in [-0.2, -0.15) is 5.10 Å². The first-order valence-corrected chi connectivity index (χ1v) is 11.1. The number of benzene rings is 1. The zero-order chi connectivity index (χ0) is 21.2. The number of nitrogens with zero attached hydrogens (tertiary/aromatic N) is 3. The van der Waals surface area contributed by atoms with Gasteiger partial charge >= 0.3 is 0 Å². The summed E-state index contributed by atoms with van der Waals surface area (Å²) in [5.74, 6) is -0.769. The van der Waals surface area contributed by atoms with E-state index in [-0.39, 0.29) is 17.9 Å². The average molecular weight is 418 g/mol. The number of fused-ring (bicyclic) bond motifs is 2.